The molecule has 2 amide bonds. The average molecular weight is 421 g/mol. The van der Waals surface area contributed by atoms with E-state index in [1.165, 1.54) is 18.4 Å². The first-order chi connectivity index (χ1) is 13.4. The fourth-order valence-electron chi connectivity index (χ4n) is 3.44. The smallest absolute Gasteiger partial charge is 0.319 e. The number of rotatable bonds is 6. The summed E-state index contributed by atoms with van der Waals surface area (Å²) in [5.74, 6) is 0. The number of amides is 2. The second-order valence-corrected chi connectivity index (χ2v) is 8.02. The van der Waals surface area contributed by atoms with E-state index in [9.17, 15) is 4.79 Å². The Hall–Kier alpha value is -1.95. The van der Waals surface area contributed by atoms with Gasteiger partial charge in [-0.05, 0) is 61.8 Å². The minimum absolute atomic E-state index is 0.151. The first-order valence-corrected chi connectivity index (χ1v) is 10.2. The molecule has 0 spiro atoms. The Bertz CT molecular complexity index is 805. The maximum Gasteiger partial charge on any atom is 0.319 e. The highest BCUT2D eigenvalue weighted by molar-refractivity contribution is 6.42. The van der Waals surface area contributed by atoms with E-state index in [2.05, 4.69) is 44.7 Å². The van der Waals surface area contributed by atoms with Crippen molar-refractivity contribution in [3.8, 4) is 0 Å². The van der Waals surface area contributed by atoms with E-state index >= 15 is 0 Å². The van der Waals surface area contributed by atoms with E-state index in [1.807, 2.05) is 14.1 Å². The summed E-state index contributed by atoms with van der Waals surface area (Å²) in [7, 11) is 4.06. The molecule has 0 bridgehead atoms. The minimum Gasteiger partial charge on any atom is -0.378 e. The van der Waals surface area contributed by atoms with Crippen LogP contribution in [0, 0.1) is 0 Å². The number of carbonyl (C=O) groups excluding carboxylic acids is 1. The first kappa shape index (κ1) is 20.8. The van der Waals surface area contributed by atoms with E-state index in [0.717, 1.165) is 18.8 Å². The van der Waals surface area contributed by atoms with E-state index < -0.39 is 0 Å². The highest BCUT2D eigenvalue weighted by Gasteiger charge is 2.24. The summed E-state index contributed by atoms with van der Waals surface area (Å²) in [5.41, 5.74) is 2.98. The summed E-state index contributed by atoms with van der Waals surface area (Å²) >= 11 is 11.9. The van der Waals surface area contributed by atoms with Crippen molar-refractivity contribution in [3.05, 3.63) is 58.1 Å². The summed E-state index contributed by atoms with van der Waals surface area (Å²) in [5, 5.41) is 6.69. The average Bonchev–Trinajstić information content (AvgIpc) is 3.20. The first-order valence-electron chi connectivity index (χ1n) is 9.45. The number of nitrogens with one attached hydrogen (secondary N) is 2. The van der Waals surface area contributed by atoms with Crippen molar-refractivity contribution in [3.63, 3.8) is 0 Å². The Morgan fingerprint density at radius 1 is 1.07 bits per heavy atom. The maximum absolute atomic E-state index is 12.4. The summed E-state index contributed by atoms with van der Waals surface area (Å²) < 4.78 is 0. The van der Waals surface area contributed by atoms with Crippen LogP contribution in [0.2, 0.25) is 10.0 Å². The normalized spacial score (nSPS) is 15.3. The summed E-state index contributed by atoms with van der Waals surface area (Å²) in [6.45, 7) is 2.64. The molecule has 2 N–H and O–H groups in total. The molecule has 5 nitrogen and oxygen atoms in total. The molecule has 1 heterocycles. The molecule has 7 heteroatoms. The van der Waals surface area contributed by atoms with Crippen LogP contribution < -0.4 is 15.5 Å². The molecule has 28 heavy (non-hydrogen) atoms. The number of anilines is 2. The van der Waals surface area contributed by atoms with Gasteiger partial charge in [0, 0.05) is 32.0 Å². The van der Waals surface area contributed by atoms with Crippen LogP contribution in [0.5, 0.6) is 0 Å². The topological polar surface area (TPSA) is 47.6 Å². The molecule has 2 aromatic rings. The third-order valence-electron chi connectivity index (χ3n) is 5.01. The molecule has 3 rings (SSSR count). The number of benzene rings is 2. The number of hydrogen-bond donors (Lipinski definition) is 2. The third kappa shape index (κ3) is 5.31. The molecule has 1 fully saturated rings. The van der Waals surface area contributed by atoms with Gasteiger partial charge in [0.1, 0.15) is 0 Å². The largest absolute Gasteiger partial charge is 0.378 e. The quantitative estimate of drug-likeness (QED) is 0.689. The molecular formula is C21H26Cl2N4O. The van der Waals surface area contributed by atoms with Crippen LogP contribution in [-0.2, 0) is 0 Å². The van der Waals surface area contributed by atoms with Gasteiger partial charge in [-0.2, -0.15) is 0 Å². The van der Waals surface area contributed by atoms with Gasteiger partial charge < -0.3 is 15.5 Å². The molecule has 1 aliphatic heterocycles. The van der Waals surface area contributed by atoms with Crippen molar-refractivity contribution in [1.82, 2.24) is 10.2 Å². The maximum atomic E-state index is 12.4. The Balaban J connectivity index is 1.65. The second kappa shape index (κ2) is 9.50. The van der Waals surface area contributed by atoms with E-state index in [4.69, 9.17) is 23.2 Å². The lowest BCUT2D eigenvalue weighted by molar-refractivity contribution is 0.227. The third-order valence-corrected chi connectivity index (χ3v) is 5.75. The van der Waals surface area contributed by atoms with Crippen LogP contribution in [0.3, 0.4) is 0 Å². The van der Waals surface area contributed by atoms with Crippen molar-refractivity contribution in [1.29, 1.82) is 0 Å². The Labute approximate surface area is 176 Å². The van der Waals surface area contributed by atoms with Gasteiger partial charge in [0.2, 0.25) is 0 Å². The van der Waals surface area contributed by atoms with Crippen LogP contribution >= 0.6 is 23.2 Å². The van der Waals surface area contributed by atoms with Gasteiger partial charge in [0.15, 0.2) is 0 Å². The Morgan fingerprint density at radius 3 is 2.36 bits per heavy atom. The van der Waals surface area contributed by atoms with Crippen molar-refractivity contribution in [2.24, 2.45) is 0 Å². The molecule has 1 aliphatic rings. The number of hydrogen-bond acceptors (Lipinski definition) is 3. The lowest BCUT2D eigenvalue weighted by atomic mass is 10.0. The van der Waals surface area contributed by atoms with Crippen molar-refractivity contribution in [2.45, 2.75) is 18.9 Å². The van der Waals surface area contributed by atoms with E-state index in [1.54, 1.807) is 18.2 Å². The molecule has 0 radical (unpaired) electrons. The number of carbonyl (C=O) groups is 1. The van der Waals surface area contributed by atoms with Gasteiger partial charge in [-0.1, -0.05) is 35.3 Å². The number of halogens is 2. The van der Waals surface area contributed by atoms with Gasteiger partial charge in [0.05, 0.1) is 16.1 Å². The summed E-state index contributed by atoms with van der Waals surface area (Å²) in [6.07, 6.45) is 2.39. The van der Waals surface area contributed by atoms with Crippen LogP contribution in [0.15, 0.2) is 42.5 Å². The summed E-state index contributed by atoms with van der Waals surface area (Å²) in [4.78, 5) is 16.9. The number of nitrogens with zero attached hydrogens (tertiary/aromatic N) is 2. The second-order valence-electron chi connectivity index (χ2n) is 7.21. The lowest BCUT2D eigenvalue weighted by Gasteiger charge is -2.28. The Kier molecular flexibility index (Phi) is 7.05. The van der Waals surface area contributed by atoms with Gasteiger partial charge in [-0.3, -0.25) is 4.90 Å². The standard InChI is InChI=1S/C21H26Cl2N4O/c1-26(2)17-8-5-15(6-9-17)20(27-11-3-4-12-27)14-24-21(28)25-16-7-10-18(22)19(23)13-16/h5-10,13,20H,3-4,11-12,14H2,1-2H3,(H2,24,25,28). The summed E-state index contributed by atoms with van der Waals surface area (Å²) in [6, 6.07) is 13.5. The van der Waals surface area contributed by atoms with Crippen molar-refractivity contribution >= 4 is 40.6 Å². The number of likely N-dealkylation sites (tertiary alicyclic amines) is 1. The molecule has 2 aromatic carbocycles. The zero-order valence-corrected chi connectivity index (χ0v) is 17.7. The molecule has 150 valence electrons. The van der Waals surface area contributed by atoms with Crippen LogP contribution in [-0.4, -0.2) is 44.7 Å². The monoisotopic (exact) mass is 420 g/mol. The fourth-order valence-corrected chi connectivity index (χ4v) is 3.74. The molecule has 0 aromatic heterocycles. The Morgan fingerprint density at radius 2 is 1.75 bits per heavy atom. The molecule has 0 aliphatic carbocycles. The van der Waals surface area contributed by atoms with Gasteiger partial charge in [-0.25, -0.2) is 4.79 Å². The minimum atomic E-state index is -0.257. The van der Waals surface area contributed by atoms with Crippen LogP contribution in [0.25, 0.3) is 0 Å². The SMILES string of the molecule is CN(C)c1ccc(C(CNC(=O)Nc2ccc(Cl)c(Cl)c2)N2CCCC2)cc1. The molecule has 1 saturated heterocycles. The van der Waals surface area contributed by atoms with Crippen LogP contribution in [0.4, 0.5) is 16.2 Å². The lowest BCUT2D eigenvalue weighted by Crippen LogP contribution is -2.38. The molecule has 1 atom stereocenters. The molecule has 1 unspecified atom stereocenters. The van der Waals surface area contributed by atoms with E-state index in [-0.39, 0.29) is 12.1 Å². The zero-order chi connectivity index (χ0) is 20.1. The van der Waals surface area contributed by atoms with Crippen LogP contribution in [0.1, 0.15) is 24.4 Å². The van der Waals surface area contributed by atoms with E-state index in [0.29, 0.717) is 22.3 Å². The highest BCUT2D eigenvalue weighted by Crippen LogP contribution is 2.27. The molecule has 0 saturated carbocycles. The van der Waals surface area contributed by atoms with Gasteiger partial charge in [0.25, 0.3) is 0 Å². The fraction of sp³-hybridized carbons (Fsp3) is 0.381. The highest BCUT2D eigenvalue weighted by atomic mass is 35.5. The van der Waals surface area contributed by atoms with Gasteiger partial charge >= 0.3 is 6.03 Å². The predicted molar refractivity (Wildman–Crippen MR) is 118 cm³/mol. The van der Waals surface area contributed by atoms with Gasteiger partial charge in [-0.15, -0.1) is 0 Å². The number of urea groups is 1. The molecular weight excluding hydrogens is 395 g/mol. The van der Waals surface area contributed by atoms with Crippen molar-refractivity contribution in [2.75, 3.05) is 43.9 Å². The predicted octanol–water partition coefficient (Wildman–Crippen LogP) is 5.02. The zero-order valence-electron chi connectivity index (χ0n) is 16.2. The van der Waals surface area contributed by atoms with Crippen molar-refractivity contribution < 1.29 is 4.79 Å².